The van der Waals surface area contributed by atoms with E-state index in [4.69, 9.17) is 18.0 Å². The van der Waals surface area contributed by atoms with Crippen molar-refractivity contribution in [3.63, 3.8) is 0 Å². The minimum Gasteiger partial charge on any atom is -0.406 e. The van der Waals surface area contributed by atoms with Gasteiger partial charge in [-0.05, 0) is 52.6 Å². The van der Waals surface area contributed by atoms with Crippen LogP contribution in [0, 0.1) is 12.3 Å². The third-order valence-corrected chi connectivity index (χ3v) is 7.32. The van der Waals surface area contributed by atoms with E-state index in [0.29, 0.717) is 22.7 Å². The summed E-state index contributed by atoms with van der Waals surface area (Å²) in [5.41, 5.74) is 5.25. The number of carbonyl (C=O) groups excluding carboxylic acids is 1. The van der Waals surface area contributed by atoms with Gasteiger partial charge in [0.05, 0.1) is 10.6 Å². The van der Waals surface area contributed by atoms with Crippen molar-refractivity contribution < 1.29 is 22.7 Å². The lowest BCUT2D eigenvalue weighted by atomic mass is 10.1. The molecule has 39 heavy (non-hydrogen) atoms. The molecule has 0 aliphatic carbocycles. The molecule has 0 bridgehead atoms. The first-order valence-electron chi connectivity index (χ1n) is 12.6. The summed E-state index contributed by atoms with van der Waals surface area (Å²) >= 11 is 6.56. The van der Waals surface area contributed by atoms with Gasteiger partial charge in [-0.15, -0.1) is 19.6 Å². The lowest BCUT2D eigenvalue weighted by molar-refractivity contribution is -0.274. The summed E-state index contributed by atoms with van der Waals surface area (Å²) in [5.74, 6) is 2.17. The molecule has 2 heterocycles. The van der Waals surface area contributed by atoms with E-state index in [0.717, 1.165) is 56.0 Å². The molecular weight excluding hydrogens is 527 g/mol. The lowest BCUT2D eigenvalue weighted by Gasteiger charge is -2.34. The van der Waals surface area contributed by atoms with Crippen molar-refractivity contribution >= 4 is 17.5 Å². The number of carbonyl (C=O) groups is 1. The second-order valence-electron chi connectivity index (χ2n) is 9.86. The zero-order chi connectivity index (χ0) is 27.6. The van der Waals surface area contributed by atoms with Gasteiger partial charge in [0.25, 0.3) is 5.91 Å². The highest BCUT2D eigenvalue weighted by Crippen LogP contribution is 2.32. The van der Waals surface area contributed by atoms with Crippen LogP contribution >= 0.6 is 11.6 Å². The Morgan fingerprint density at radius 1 is 0.846 bits per heavy atom. The van der Waals surface area contributed by atoms with Crippen molar-refractivity contribution in [1.29, 1.82) is 0 Å². The summed E-state index contributed by atoms with van der Waals surface area (Å²) in [6.07, 6.45) is 0.696. The minimum atomic E-state index is -4.74. The topological polar surface area (TPSA) is 36.0 Å². The number of piperazine rings is 1. The van der Waals surface area contributed by atoms with E-state index in [2.05, 4.69) is 32.6 Å². The molecule has 0 unspecified atom stereocenters. The van der Waals surface area contributed by atoms with E-state index in [-0.39, 0.29) is 18.2 Å². The zero-order valence-corrected chi connectivity index (χ0v) is 21.9. The molecule has 0 spiro atoms. The van der Waals surface area contributed by atoms with E-state index in [1.807, 2.05) is 24.3 Å². The molecular formula is C30H27ClF3N3O2. The molecule has 0 aromatic heterocycles. The van der Waals surface area contributed by atoms with Gasteiger partial charge in [-0.1, -0.05) is 47.9 Å². The first-order chi connectivity index (χ1) is 18.7. The largest absolute Gasteiger partial charge is 0.573 e. The number of halogens is 4. The molecule has 3 aromatic rings. The highest BCUT2D eigenvalue weighted by atomic mass is 35.5. The maximum atomic E-state index is 13.0. The second kappa shape index (κ2) is 11.3. The van der Waals surface area contributed by atoms with Gasteiger partial charge in [-0.25, -0.2) is 0 Å². The fourth-order valence-electron chi connectivity index (χ4n) is 5.09. The van der Waals surface area contributed by atoms with Crippen LogP contribution in [0.15, 0.2) is 60.7 Å². The van der Waals surface area contributed by atoms with Crippen molar-refractivity contribution in [1.82, 2.24) is 14.7 Å². The number of fused-ring (bicyclic) bond motifs is 1. The zero-order valence-electron chi connectivity index (χ0n) is 21.2. The van der Waals surface area contributed by atoms with Gasteiger partial charge in [-0.3, -0.25) is 14.6 Å². The fourth-order valence-corrected chi connectivity index (χ4v) is 5.43. The van der Waals surface area contributed by atoms with Gasteiger partial charge in [0.2, 0.25) is 0 Å². The summed E-state index contributed by atoms with van der Waals surface area (Å²) < 4.78 is 41.2. The Hall–Kier alpha value is -3.51. The Morgan fingerprint density at radius 3 is 2.00 bits per heavy atom. The Labute approximate surface area is 230 Å². The van der Waals surface area contributed by atoms with Crippen LogP contribution in [0.3, 0.4) is 0 Å². The average Bonchev–Trinajstić information content (AvgIpc) is 3.21. The third kappa shape index (κ3) is 6.74. The van der Waals surface area contributed by atoms with Gasteiger partial charge in [0.15, 0.2) is 0 Å². The summed E-state index contributed by atoms with van der Waals surface area (Å²) in [7, 11) is 0. The van der Waals surface area contributed by atoms with Crippen molar-refractivity contribution in [2.75, 3.05) is 26.2 Å². The van der Waals surface area contributed by atoms with Crippen molar-refractivity contribution in [2.24, 2.45) is 0 Å². The molecule has 2 aliphatic heterocycles. The number of hydrogen-bond donors (Lipinski definition) is 0. The van der Waals surface area contributed by atoms with E-state index in [9.17, 15) is 18.0 Å². The predicted octanol–water partition coefficient (Wildman–Crippen LogP) is 5.69. The van der Waals surface area contributed by atoms with Gasteiger partial charge >= 0.3 is 6.36 Å². The molecule has 5 nitrogen and oxygen atoms in total. The van der Waals surface area contributed by atoms with E-state index in [1.165, 1.54) is 29.8 Å². The molecule has 1 saturated heterocycles. The smallest absolute Gasteiger partial charge is 0.406 e. The summed E-state index contributed by atoms with van der Waals surface area (Å²) in [6.45, 7) is 6.05. The van der Waals surface area contributed by atoms with Gasteiger partial charge in [0.1, 0.15) is 5.75 Å². The normalized spacial score (nSPS) is 16.3. The lowest BCUT2D eigenvalue weighted by Crippen LogP contribution is -2.45. The highest BCUT2D eigenvalue weighted by Gasteiger charge is 2.32. The summed E-state index contributed by atoms with van der Waals surface area (Å²) in [6, 6.07) is 17.5. The number of ether oxygens (including phenoxy) is 1. The van der Waals surface area contributed by atoms with Crippen LogP contribution in [0.2, 0.25) is 5.02 Å². The molecule has 1 fully saturated rings. The monoisotopic (exact) mass is 553 g/mol. The maximum absolute atomic E-state index is 13.0. The Balaban J connectivity index is 1.16. The van der Waals surface area contributed by atoms with Crippen LogP contribution in [0.25, 0.3) is 0 Å². The molecule has 0 atom stereocenters. The van der Waals surface area contributed by atoms with Crippen LogP contribution < -0.4 is 4.74 Å². The number of nitrogens with zero attached hydrogens (tertiary/aromatic N) is 3. The Morgan fingerprint density at radius 2 is 1.41 bits per heavy atom. The molecule has 0 saturated carbocycles. The molecule has 0 radical (unpaired) electrons. The number of rotatable bonds is 7. The molecule has 0 N–H and O–H groups in total. The second-order valence-corrected chi connectivity index (χ2v) is 10.3. The standard InChI is InChI=1S/C30H27ClF3N3O2/c1-2-21-3-5-22(6-4-21)17-35-11-13-36(14-12-35)18-24-15-25-20-37(29(38)28(25)27(31)16-24)19-23-7-9-26(10-8-23)39-30(32,33)34/h1,3-10,15-16H,11-14,17-20H2. The summed E-state index contributed by atoms with van der Waals surface area (Å²) in [4.78, 5) is 19.5. The first-order valence-corrected chi connectivity index (χ1v) is 13.0. The first kappa shape index (κ1) is 27.1. The van der Waals surface area contributed by atoms with Crippen LogP contribution in [0.1, 0.15) is 38.2 Å². The van der Waals surface area contributed by atoms with Crippen molar-refractivity contribution in [3.8, 4) is 18.1 Å². The maximum Gasteiger partial charge on any atom is 0.573 e. The van der Waals surface area contributed by atoms with Crippen LogP contribution in [-0.2, 0) is 26.2 Å². The van der Waals surface area contributed by atoms with Gasteiger partial charge in [0, 0.05) is 57.9 Å². The Bertz CT molecular complexity index is 1380. The molecule has 2 aliphatic rings. The van der Waals surface area contributed by atoms with E-state index < -0.39 is 6.36 Å². The SMILES string of the molecule is C#Cc1ccc(CN2CCN(Cc3cc(Cl)c4c(c3)CN(Cc3ccc(OC(F)(F)F)cc3)C4=O)CC2)cc1. The van der Waals surface area contributed by atoms with Crippen LogP contribution in [0.5, 0.6) is 5.75 Å². The molecule has 9 heteroatoms. The van der Waals surface area contributed by atoms with Gasteiger partial charge in [-0.2, -0.15) is 0 Å². The molecule has 3 aromatic carbocycles. The third-order valence-electron chi connectivity index (χ3n) is 7.02. The molecule has 5 rings (SSSR count). The van der Waals surface area contributed by atoms with Crippen molar-refractivity contribution in [2.45, 2.75) is 32.5 Å². The van der Waals surface area contributed by atoms with E-state index in [1.54, 1.807) is 4.90 Å². The van der Waals surface area contributed by atoms with Crippen molar-refractivity contribution in [3.05, 3.63) is 99.1 Å². The predicted molar refractivity (Wildman–Crippen MR) is 143 cm³/mol. The quantitative estimate of drug-likeness (QED) is 0.352. The number of terminal acetylenes is 1. The molecule has 202 valence electrons. The van der Waals surface area contributed by atoms with Gasteiger partial charge < -0.3 is 9.64 Å². The number of alkyl halides is 3. The van der Waals surface area contributed by atoms with Crippen LogP contribution in [0.4, 0.5) is 13.2 Å². The number of hydrogen-bond acceptors (Lipinski definition) is 4. The Kier molecular flexibility index (Phi) is 7.85. The number of benzene rings is 3. The minimum absolute atomic E-state index is 0.180. The average molecular weight is 554 g/mol. The fraction of sp³-hybridized carbons (Fsp3) is 0.300. The molecule has 1 amide bonds. The van der Waals surface area contributed by atoms with Crippen LogP contribution in [-0.4, -0.2) is 53.1 Å². The number of amides is 1. The summed E-state index contributed by atoms with van der Waals surface area (Å²) in [5, 5.41) is 0.429. The van der Waals surface area contributed by atoms with E-state index >= 15 is 0 Å². The highest BCUT2D eigenvalue weighted by molar-refractivity contribution is 6.34.